The maximum Gasteiger partial charge on any atom is 4.00 e. The van der Waals surface area contributed by atoms with Crippen LogP contribution in [-0.2, 0) is 21.7 Å². The summed E-state index contributed by atoms with van der Waals surface area (Å²) in [5.41, 5.74) is 4.84. The Balaban J connectivity index is 0.000000254. The minimum atomic E-state index is 0. The molecule has 2 heteroatoms. The molecule has 40 heavy (non-hydrogen) atoms. The van der Waals surface area contributed by atoms with Crippen LogP contribution >= 0.6 is 0 Å². The summed E-state index contributed by atoms with van der Waals surface area (Å²) in [6.45, 7) is 16.1. The summed E-state index contributed by atoms with van der Waals surface area (Å²) in [5, 5.41) is 5.39. The number of benzene rings is 4. The molecule has 0 atom stereocenters. The molecular formula is C38H42SiTi. The number of fused-ring (bicyclic) bond motifs is 2. The van der Waals surface area contributed by atoms with Gasteiger partial charge in [-0.25, -0.2) is 0 Å². The van der Waals surface area contributed by atoms with E-state index in [0.717, 1.165) is 11.1 Å². The smallest absolute Gasteiger partial charge is 0.199 e. The van der Waals surface area contributed by atoms with E-state index in [9.17, 15) is 0 Å². The van der Waals surface area contributed by atoms with Crippen LogP contribution in [0.3, 0.4) is 0 Å². The van der Waals surface area contributed by atoms with E-state index >= 15 is 0 Å². The quantitative estimate of drug-likeness (QED) is 0.143. The molecule has 0 N–H and O–H groups in total. The van der Waals surface area contributed by atoms with E-state index in [1.165, 1.54) is 54.3 Å². The molecule has 0 saturated carbocycles. The van der Waals surface area contributed by atoms with Gasteiger partial charge in [0.2, 0.25) is 0 Å². The maximum atomic E-state index is 3.72. The minimum Gasteiger partial charge on any atom is -0.199 e. The van der Waals surface area contributed by atoms with Gasteiger partial charge in [0.05, 0.1) is 0 Å². The van der Waals surface area contributed by atoms with Crippen molar-refractivity contribution in [3.63, 3.8) is 0 Å². The van der Waals surface area contributed by atoms with E-state index in [1.54, 1.807) is 0 Å². The van der Waals surface area contributed by atoms with Crippen LogP contribution in [-0.4, -0.2) is 9.52 Å². The SMILES string of the molecule is CC[Si]CC.Cc1cc2ccccc2[cH-]1.Cc1cc2ccccc2[cH-]1.[CH2-]c1ccccc1.[CH2-]c1ccccc1.[Ti+4]. The minimum absolute atomic E-state index is 0. The zero-order valence-corrected chi connectivity index (χ0v) is 27.1. The Morgan fingerprint density at radius 2 is 0.850 bits per heavy atom. The topological polar surface area (TPSA) is 0 Å². The zero-order chi connectivity index (χ0) is 28.3. The van der Waals surface area contributed by atoms with Crippen LogP contribution in [0, 0.1) is 27.7 Å². The van der Waals surface area contributed by atoms with Gasteiger partial charge in [0.15, 0.2) is 0 Å². The summed E-state index contributed by atoms with van der Waals surface area (Å²) in [6, 6.07) is 48.2. The second-order valence-corrected chi connectivity index (χ2v) is 11.2. The summed E-state index contributed by atoms with van der Waals surface area (Å²) in [5.74, 6) is 0. The molecule has 0 fully saturated rings. The van der Waals surface area contributed by atoms with Gasteiger partial charge in [-0.2, -0.15) is 61.4 Å². The van der Waals surface area contributed by atoms with Crippen molar-refractivity contribution in [1.29, 1.82) is 0 Å². The first kappa shape index (κ1) is 34.8. The Bertz CT molecular complexity index is 1250. The van der Waals surface area contributed by atoms with Gasteiger partial charge in [0.25, 0.3) is 0 Å². The van der Waals surface area contributed by atoms with Gasteiger partial charge in [-0.05, 0) is 0 Å². The maximum absolute atomic E-state index is 3.72. The van der Waals surface area contributed by atoms with Crippen molar-refractivity contribution in [2.24, 2.45) is 0 Å². The van der Waals surface area contributed by atoms with Crippen LogP contribution in [0.5, 0.6) is 0 Å². The van der Waals surface area contributed by atoms with Gasteiger partial charge in [-0.1, -0.05) is 64.0 Å². The van der Waals surface area contributed by atoms with Crippen molar-refractivity contribution in [2.45, 2.75) is 39.8 Å². The van der Waals surface area contributed by atoms with Crippen molar-refractivity contribution < 1.29 is 21.7 Å². The number of hydrogen-bond donors (Lipinski definition) is 0. The second-order valence-electron chi connectivity index (χ2n) is 9.25. The molecule has 0 amide bonds. The number of aryl methyl sites for hydroxylation is 2. The average molecular weight is 575 g/mol. The van der Waals surface area contributed by atoms with Gasteiger partial charge >= 0.3 is 21.7 Å². The van der Waals surface area contributed by atoms with Crippen LogP contribution < -0.4 is 0 Å². The van der Waals surface area contributed by atoms with Crippen LogP contribution in [0.15, 0.2) is 133 Å². The van der Waals surface area contributed by atoms with Gasteiger partial charge in [0.1, 0.15) is 0 Å². The van der Waals surface area contributed by atoms with Crippen LogP contribution in [0.1, 0.15) is 36.1 Å². The largest absolute Gasteiger partial charge is 4.00 e. The third-order valence-corrected chi connectivity index (χ3v) is 6.71. The van der Waals surface area contributed by atoms with Crippen molar-refractivity contribution in [1.82, 2.24) is 0 Å². The first-order valence-electron chi connectivity index (χ1n) is 13.6. The fraction of sp³-hybridized carbons (Fsp3) is 0.158. The monoisotopic (exact) mass is 574 g/mol. The van der Waals surface area contributed by atoms with E-state index in [-0.39, 0.29) is 21.7 Å². The van der Waals surface area contributed by atoms with Crippen LogP contribution in [0.2, 0.25) is 12.1 Å². The van der Waals surface area contributed by atoms with Gasteiger partial charge in [0, 0.05) is 9.52 Å². The normalized spacial score (nSPS) is 9.30. The first-order chi connectivity index (χ1) is 18.9. The molecule has 0 saturated heterocycles. The van der Waals surface area contributed by atoms with Crippen LogP contribution in [0.4, 0.5) is 0 Å². The molecule has 0 aliphatic heterocycles. The van der Waals surface area contributed by atoms with Crippen molar-refractivity contribution in [3.05, 3.63) is 170 Å². The van der Waals surface area contributed by atoms with E-state index < -0.39 is 0 Å². The summed E-state index contributed by atoms with van der Waals surface area (Å²) < 4.78 is 0. The van der Waals surface area contributed by atoms with Gasteiger partial charge in [-0.3, -0.25) is 0 Å². The Labute approximate surface area is 260 Å². The molecule has 2 radical (unpaired) electrons. The predicted molar refractivity (Wildman–Crippen MR) is 177 cm³/mol. The van der Waals surface area contributed by atoms with E-state index in [0.29, 0.717) is 0 Å². The first-order valence-corrected chi connectivity index (χ1v) is 15.0. The molecule has 6 aromatic rings. The fourth-order valence-corrected chi connectivity index (χ4v) is 4.32. The second kappa shape index (κ2) is 20.6. The zero-order valence-electron chi connectivity index (χ0n) is 24.5. The Kier molecular flexibility index (Phi) is 18.0. The van der Waals surface area contributed by atoms with Crippen molar-refractivity contribution in [3.8, 4) is 0 Å². The van der Waals surface area contributed by atoms with Crippen LogP contribution in [0.25, 0.3) is 21.5 Å². The molecule has 0 heterocycles. The summed E-state index contributed by atoms with van der Waals surface area (Å²) >= 11 is 0. The summed E-state index contributed by atoms with van der Waals surface area (Å²) in [7, 11) is 1.20. The molecule has 0 aliphatic rings. The molecule has 6 rings (SSSR count). The summed E-state index contributed by atoms with van der Waals surface area (Å²) in [6.07, 6.45) is 0. The fourth-order valence-electron chi connectivity index (χ4n) is 3.82. The van der Waals surface area contributed by atoms with E-state index in [1.807, 2.05) is 60.7 Å². The van der Waals surface area contributed by atoms with Crippen molar-refractivity contribution in [2.75, 3.05) is 0 Å². The molecule has 6 aromatic carbocycles. The van der Waals surface area contributed by atoms with E-state index in [4.69, 9.17) is 0 Å². The molecular weight excluding hydrogens is 532 g/mol. The Morgan fingerprint density at radius 1 is 0.525 bits per heavy atom. The number of rotatable bonds is 2. The molecule has 0 aliphatic carbocycles. The predicted octanol–water partition coefficient (Wildman–Crippen LogP) is 11.0. The average Bonchev–Trinajstić information content (AvgIpc) is 3.52. The Hall–Kier alpha value is -3.23. The summed E-state index contributed by atoms with van der Waals surface area (Å²) in [4.78, 5) is 0. The molecule has 0 nitrogen and oxygen atoms in total. The molecule has 0 aromatic heterocycles. The van der Waals surface area contributed by atoms with Gasteiger partial charge < -0.3 is 0 Å². The third-order valence-electron chi connectivity index (χ3n) is 5.71. The molecule has 0 bridgehead atoms. The standard InChI is InChI=1S/2C10H9.2C7H7.C4H10Si.Ti/c2*1-8-6-9-4-2-3-5-10(9)7-8;2*1-7-5-3-2-4-6-7;1-3-5-4-2;/h2*2-7H,1H3;2*2-6H,1H2;3-4H2,1-2H3;/q4*-1;;+4. The third kappa shape index (κ3) is 14.2. The van der Waals surface area contributed by atoms with Gasteiger partial charge in [-0.15, -0.1) is 105 Å². The van der Waals surface area contributed by atoms with E-state index in [2.05, 4.69) is 114 Å². The Morgan fingerprint density at radius 3 is 1.10 bits per heavy atom. The molecule has 0 unspecified atom stereocenters. The number of hydrogen-bond acceptors (Lipinski definition) is 0. The molecule has 202 valence electrons. The van der Waals surface area contributed by atoms with Crippen molar-refractivity contribution >= 4 is 31.1 Å². The molecule has 0 spiro atoms.